The molecule has 0 aromatic carbocycles. The van der Waals surface area contributed by atoms with Gasteiger partial charge in [-0.25, -0.2) is 0 Å². The van der Waals surface area contributed by atoms with Gasteiger partial charge in [-0.3, -0.25) is 0 Å². The molecule has 0 aromatic rings. The normalized spacial score (nSPS) is 24.2. The van der Waals surface area contributed by atoms with Crippen molar-refractivity contribution in [2.24, 2.45) is 31.3 Å². The minimum Gasteiger partial charge on any atom is -0.381 e. The van der Waals surface area contributed by atoms with E-state index in [4.69, 9.17) is 4.74 Å². The molecule has 138 valence electrons. The van der Waals surface area contributed by atoms with Gasteiger partial charge >= 0.3 is 6.18 Å². The van der Waals surface area contributed by atoms with Gasteiger partial charge in [0.2, 0.25) is 0 Å². The Morgan fingerprint density at radius 3 is 1.92 bits per heavy atom. The summed E-state index contributed by atoms with van der Waals surface area (Å²) in [4.78, 5) is 0. The van der Waals surface area contributed by atoms with Crippen molar-refractivity contribution >= 4 is 0 Å². The summed E-state index contributed by atoms with van der Waals surface area (Å²) >= 11 is 0. The van der Waals surface area contributed by atoms with Crippen LogP contribution in [-0.2, 0) is 4.74 Å². The quantitative estimate of drug-likeness (QED) is 0.718. The van der Waals surface area contributed by atoms with Crippen molar-refractivity contribution < 1.29 is 17.9 Å². The van der Waals surface area contributed by atoms with Crippen LogP contribution in [-0.4, -0.2) is 45.6 Å². The van der Waals surface area contributed by atoms with Gasteiger partial charge in [0, 0.05) is 30.5 Å². The van der Waals surface area contributed by atoms with E-state index in [-0.39, 0.29) is 11.8 Å². The molecule has 0 aromatic heterocycles. The van der Waals surface area contributed by atoms with Crippen LogP contribution in [0.3, 0.4) is 0 Å². The van der Waals surface area contributed by atoms with Crippen molar-refractivity contribution in [2.45, 2.75) is 51.6 Å². The molecule has 3 aliphatic heterocycles. The topological polar surface area (TPSA) is 58.7 Å². The first-order valence-electron chi connectivity index (χ1n) is 8.70. The van der Waals surface area contributed by atoms with Gasteiger partial charge < -0.3 is 4.74 Å². The van der Waals surface area contributed by atoms with Gasteiger partial charge in [0.1, 0.15) is 0 Å². The Labute approximate surface area is 141 Å². The average molecular weight is 348 g/mol. The fourth-order valence-corrected chi connectivity index (χ4v) is 3.40. The molecule has 0 amide bonds. The van der Waals surface area contributed by atoms with Crippen LogP contribution >= 0.6 is 0 Å². The lowest BCUT2D eigenvalue weighted by Gasteiger charge is -2.30. The standard InChI is InChI=1S/C9H15F3N2.C7H12N2O/c1-2-3-8(6-13-14-7-8)4-5-9(10,11)12;1-3-10-4-2-7(1)5-8-9-6-7/h2-7H2,1H3;1-6H2. The van der Waals surface area contributed by atoms with Crippen molar-refractivity contribution in [2.75, 3.05) is 39.4 Å². The van der Waals surface area contributed by atoms with E-state index in [0.29, 0.717) is 18.5 Å². The van der Waals surface area contributed by atoms with Crippen molar-refractivity contribution in [1.82, 2.24) is 0 Å². The Hall–Kier alpha value is -1.05. The largest absolute Gasteiger partial charge is 0.389 e. The minimum absolute atomic E-state index is 0.164. The summed E-state index contributed by atoms with van der Waals surface area (Å²) in [5.41, 5.74) is 0.114. The molecular formula is C16H27F3N4O. The van der Waals surface area contributed by atoms with Crippen molar-refractivity contribution in [3.8, 4) is 0 Å². The van der Waals surface area contributed by atoms with E-state index in [1.165, 1.54) is 0 Å². The molecule has 0 bridgehead atoms. The molecule has 0 unspecified atom stereocenters. The molecule has 24 heavy (non-hydrogen) atoms. The first-order valence-corrected chi connectivity index (χ1v) is 8.70. The first kappa shape index (κ1) is 19.3. The van der Waals surface area contributed by atoms with Crippen LogP contribution in [0.1, 0.15) is 45.4 Å². The fourth-order valence-electron chi connectivity index (χ4n) is 3.40. The van der Waals surface area contributed by atoms with E-state index in [9.17, 15) is 13.2 Å². The van der Waals surface area contributed by atoms with Crippen LogP contribution in [0.15, 0.2) is 20.5 Å². The van der Waals surface area contributed by atoms with Crippen molar-refractivity contribution in [1.29, 1.82) is 0 Å². The molecule has 3 aliphatic rings. The van der Waals surface area contributed by atoms with Crippen LogP contribution in [0, 0.1) is 10.8 Å². The van der Waals surface area contributed by atoms with E-state index in [2.05, 4.69) is 20.5 Å². The number of azo groups is 2. The second kappa shape index (κ2) is 8.36. The molecule has 5 nitrogen and oxygen atoms in total. The maximum atomic E-state index is 12.1. The summed E-state index contributed by atoms with van der Waals surface area (Å²) in [6.07, 6.45) is -0.613. The number of rotatable bonds is 4. The van der Waals surface area contributed by atoms with E-state index < -0.39 is 12.6 Å². The third kappa shape index (κ3) is 5.79. The molecule has 0 N–H and O–H groups in total. The number of ether oxygens (including phenoxy) is 1. The summed E-state index contributed by atoms with van der Waals surface area (Å²) in [6.45, 7) is 6.62. The molecular weight excluding hydrogens is 321 g/mol. The van der Waals surface area contributed by atoms with Gasteiger partial charge in [0.05, 0.1) is 26.2 Å². The Bertz CT molecular complexity index is 427. The smallest absolute Gasteiger partial charge is 0.381 e. The number of alkyl halides is 3. The van der Waals surface area contributed by atoms with Crippen LogP contribution in [0.5, 0.6) is 0 Å². The highest BCUT2D eigenvalue weighted by molar-refractivity contribution is 4.88. The van der Waals surface area contributed by atoms with Gasteiger partial charge in [-0.15, -0.1) is 0 Å². The van der Waals surface area contributed by atoms with E-state index in [1.54, 1.807) is 0 Å². The van der Waals surface area contributed by atoms with Gasteiger partial charge in [-0.05, 0) is 25.7 Å². The SMILES string of the molecule is C1CC2(CCO1)CN=NC2.CCCC1(CCC(F)(F)F)CN=NC1. The Morgan fingerprint density at radius 2 is 1.42 bits per heavy atom. The maximum Gasteiger partial charge on any atom is 0.389 e. The number of hydrogen-bond acceptors (Lipinski definition) is 5. The number of hydrogen-bond donors (Lipinski definition) is 0. The molecule has 0 saturated carbocycles. The summed E-state index contributed by atoms with van der Waals surface area (Å²) in [6, 6.07) is 0. The fraction of sp³-hybridized carbons (Fsp3) is 1.00. The zero-order valence-corrected chi connectivity index (χ0v) is 14.3. The van der Waals surface area contributed by atoms with E-state index in [0.717, 1.165) is 52.0 Å². The van der Waals surface area contributed by atoms with Crippen molar-refractivity contribution in [3.05, 3.63) is 0 Å². The third-order valence-corrected chi connectivity index (χ3v) is 5.10. The van der Waals surface area contributed by atoms with Gasteiger partial charge in [0.25, 0.3) is 0 Å². The summed E-state index contributed by atoms with van der Waals surface area (Å²) in [5.74, 6) is 0. The summed E-state index contributed by atoms with van der Waals surface area (Å²) in [5, 5.41) is 15.7. The zero-order valence-electron chi connectivity index (χ0n) is 14.3. The Morgan fingerprint density at radius 1 is 0.875 bits per heavy atom. The monoisotopic (exact) mass is 348 g/mol. The Balaban J connectivity index is 0.000000182. The molecule has 0 atom stereocenters. The maximum absolute atomic E-state index is 12.1. The van der Waals surface area contributed by atoms with E-state index in [1.807, 2.05) is 6.92 Å². The molecule has 1 spiro atoms. The molecule has 3 heterocycles. The van der Waals surface area contributed by atoms with Crippen LogP contribution in [0.25, 0.3) is 0 Å². The second-order valence-electron chi connectivity index (χ2n) is 7.18. The lowest BCUT2D eigenvalue weighted by Crippen LogP contribution is -2.32. The highest BCUT2D eigenvalue weighted by Gasteiger charge is 2.38. The molecule has 0 radical (unpaired) electrons. The van der Waals surface area contributed by atoms with Crippen molar-refractivity contribution in [3.63, 3.8) is 0 Å². The predicted octanol–water partition coefficient (Wildman–Crippen LogP) is 4.83. The average Bonchev–Trinajstić information content (AvgIpc) is 3.18. The molecule has 1 fully saturated rings. The van der Waals surface area contributed by atoms with Crippen LogP contribution in [0.2, 0.25) is 0 Å². The molecule has 3 rings (SSSR count). The zero-order chi connectivity index (χ0) is 17.5. The highest BCUT2D eigenvalue weighted by Crippen LogP contribution is 2.38. The molecule has 1 saturated heterocycles. The summed E-state index contributed by atoms with van der Waals surface area (Å²) in [7, 11) is 0. The lowest BCUT2D eigenvalue weighted by atomic mass is 9.80. The first-order chi connectivity index (χ1) is 11.4. The van der Waals surface area contributed by atoms with Gasteiger partial charge in [-0.1, -0.05) is 13.3 Å². The number of halogens is 3. The van der Waals surface area contributed by atoms with E-state index >= 15 is 0 Å². The van der Waals surface area contributed by atoms with Crippen LogP contribution in [0.4, 0.5) is 13.2 Å². The molecule has 0 aliphatic carbocycles. The summed E-state index contributed by atoms with van der Waals surface area (Å²) < 4.78 is 41.4. The highest BCUT2D eigenvalue weighted by atomic mass is 19.4. The van der Waals surface area contributed by atoms with Crippen LogP contribution < -0.4 is 0 Å². The van der Waals surface area contributed by atoms with Gasteiger partial charge in [-0.2, -0.15) is 33.6 Å². The Kier molecular flexibility index (Phi) is 6.71. The van der Waals surface area contributed by atoms with Gasteiger partial charge in [0.15, 0.2) is 0 Å². The lowest BCUT2D eigenvalue weighted by molar-refractivity contribution is -0.140. The third-order valence-electron chi connectivity index (χ3n) is 5.10. The predicted molar refractivity (Wildman–Crippen MR) is 84.3 cm³/mol. The molecule has 8 heteroatoms. The number of nitrogens with zero attached hydrogens (tertiary/aromatic N) is 4. The second-order valence-corrected chi connectivity index (χ2v) is 7.18. The minimum atomic E-state index is -4.05.